The number of halogens is 1. The number of amides is 1. The first kappa shape index (κ1) is 17.6. The average molecular weight is 375 g/mol. The Morgan fingerprint density at radius 1 is 1.35 bits per heavy atom. The number of hydrogen-bond acceptors (Lipinski definition) is 5. The summed E-state index contributed by atoms with van der Waals surface area (Å²) >= 11 is 1.67. The van der Waals surface area contributed by atoms with Crippen molar-refractivity contribution >= 4 is 17.2 Å². The summed E-state index contributed by atoms with van der Waals surface area (Å²) in [5, 5.41) is 3.18. The second-order valence-electron chi connectivity index (χ2n) is 6.91. The van der Waals surface area contributed by atoms with E-state index in [0.717, 1.165) is 29.4 Å². The first-order valence-electron chi connectivity index (χ1n) is 8.87. The van der Waals surface area contributed by atoms with Crippen LogP contribution in [0.4, 0.5) is 4.39 Å². The van der Waals surface area contributed by atoms with Gasteiger partial charge in [0.05, 0.1) is 35.9 Å². The van der Waals surface area contributed by atoms with Gasteiger partial charge in [-0.15, -0.1) is 11.3 Å². The monoisotopic (exact) mass is 375 g/mol. The molecule has 0 radical (unpaired) electrons. The van der Waals surface area contributed by atoms with Crippen molar-refractivity contribution in [3.63, 3.8) is 0 Å². The maximum Gasteiger partial charge on any atom is 0.227 e. The van der Waals surface area contributed by atoms with Crippen LogP contribution >= 0.6 is 11.3 Å². The Kier molecular flexibility index (Phi) is 5.02. The van der Waals surface area contributed by atoms with Gasteiger partial charge in [0.15, 0.2) is 0 Å². The molecule has 2 saturated heterocycles. The Balaban J connectivity index is 1.40. The van der Waals surface area contributed by atoms with Crippen molar-refractivity contribution in [3.8, 4) is 0 Å². The molecule has 2 aromatic rings. The summed E-state index contributed by atoms with van der Waals surface area (Å²) < 4.78 is 18.9. The number of benzene rings is 1. The zero-order valence-corrected chi connectivity index (χ0v) is 15.5. The lowest BCUT2D eigenvalue weighted by Crippen LogP contribution is -2.50. The second kappa shape index (κ2) is 7.42. The number of carbonyl (C=O) groups excluding carboxylic acids is 1. The summed E-state index contributed by atoms with van der Waals surface area (Å²) in [5.74, 6) is -0.214. The van der Waals surface area contributed by atoms with Gasteiger partial charge in [-0.3, -0.25) is 9.69 Å². The molecular formula is C19H22FN3O2S. The number of carbonyl (C=O) groups is 1. The molecule has 138 valence electrons. The van der Waals surface area contributed by atoms with Gasteiger partial charge in [0, 0.05) is 31.6 Å². The van der Waals surface area contributed by atoms with Crippen LogP contribution in [0.3, 0.4) is 0 Å². The molecule has 0 saturated carbocycles. The van der Waals surface area contributed by atoms with Crippen molar-refractivity contribution in [3.05, 3.63) is 51.7 Å². The second-order valence-corrected chi connectivity index (χ2v) is 7.97. The predicted octanol–water partition coefficient (Wildman–Crippen LogP) is 2.24. The number of likely N-dealkylation sites (tertiary alicyclic amines) is 1. The summed E-state index contributed by atoms with van der Waals surface area (Å²) in [5.41, 5.74) is 1.92. The van der Waals surface area contributed by atoms with Gasteiger partial charge in [-0.25, -0.2) is 9.37 Å². The fourth-order valence-electron chi connectivity index (χ4n) is 3.74. The summed E-state index contributed by atoms with van der Waals surface area (Å²) in [4.78, 5) is 21.5. The minimum Gasteiger partial charge on any atom is -0.373 e. The van der Waals surface area contributed by atoms with Crippen molar-refractivity contribution in [2.75, 3.05) is 26.2 Å². The van der Waals surface area contributed by atoms with E-state index in [1.807, 2.05) is 11.8 Å². The van der Waals surface area contributed by atoms with Gasteiger partial charge in [-0.05, 0) is 24.6 Å². The van der Waals surface area contributed by atoms with Gasteiger partial charge in [0.25, 0.3) is 0 Å². The average Bonchev–Trinajstić information content (AvgIpc) is 3.24. The minimum absolute atomic E-state index is 0.0562. The van der Waals surface area contributed by atoms with Gasteiger partial charge in [-0.2, -0.15) is 0 Å². The molecule has 0 bridgehead atoms. The van der Waals surface area contributed by atoms with E-state index in [2.05, 4.69) is 15.3 Å². The Morgan fingerprint density at radius 2 is 2.15 bits per heavy atom. The molecule has 2 fully saturated rings. The topological polar surface area (TPSA) is 45.7 Å². The Hall–Kier alpha value is -1.83. The minimum atomic E-state index is -0.283. The van der Waals surface area contributed by atoms with E-state index in [-0.39, 0.29) is 23.9 Å². The number of aryl methyl sites for hydroxylation is 1. The molecule has 1 aromatic carbocycles. The van der Waals surface area contributed by atoms with E-state index in [4.69, 9.17) is 4.74 Å². The quantitative estimate of drug-likeness (QED) is 0.822. The van der Waals surface area contributed by atoms with Crippen LogP contribution in [0.5, 0.6) is 0 Å². The molecule has 0 N–H and O–H groups in total. The number of hydrogen-bond donors (Lipinski definition) is 0. The van der Waals surface area contributed by atoms with Crippen molar-refractivity contribution < 1.29 is 13.9 Å². The van der Waals surface area contributed by atoms with Crippen LogP contribution in [0, 0.1) is 12.7 Å². The van der Waals surface area contributed by atoms with Gasteiger partial charge in [-0.1, -0.05) is 12.1 Å². The summed E-state index contributed by atoms with van der Waals surface area (Å²) in [6.07, 6.45) is 0.353. The first-order chi connectivity index (χ1) is 12.6. The highest BCUT2D eigenvalue weighted by Gasteiger charge is 2.41. The Bertz CT molecular complexity index is 779. The number of thiazole rings is 1. The number of rotatable bonds is 4. The van der Waals surface area contributed by atoms with Gasteiger partial charge in [0.1, 0.15) is 5.82 Å². The van der Waals surface area contributed by atoms with E-state index in [9.17, 15) is 9.18 Å². The standard InChI is InChI=1S/C19H22FN3O2S/c1-13-21-16(12-26-13)9-22-6-7-25-18-11-23(10-17(18)22)19(24)8-14-2-4-15(20)5-3-14/h2-5,12,17-18H,6-11H2,1H3/t17-,18+/m0/s1. The third-order valence-corrected chi connectivity index (χ3v) is 5.89. The zero-order valence-electron chi connectivity index (χ0n) is 14.7. The van der Waals surface area contributed by atoms with E-state index < -0.39 is 0 Å². The van der Waals surface area contributed by atoms with Crippen molar-refractivity contribution in [2.24, 2.45) is 0 Å². The van der Waals surface area contributed by atoms with Crippen LogP contribution in [0.2, 0.25) is 0 Å². The predicted molar refractivity (Wildman–Crippen MR) is 97.5 cm³/mol. The molecule has 2 aliphatic heterocycles. The zero-order chi connectivity index (χ0) is 18.1. The van der Waals surface area contributed by atoms with E-state index in [1.165, 1.54) is 12.1 Å². The van der Waals surface area contributed by atoms with Gasteiger partial charge >= 0.3 is 0 Å². The Morgan fingerprint density at radius 3 is 2.88 bits per heavy atom. The van der Waals surface area contributed by atoms with Gasteiger partial charge < -0.3 is 9.64 Å². The fraction of sp³-hybridized carbons (Fsp3) is 0.474. The molecule has 5 nitrogen and oxygen atoms in total. The highest BCUT2D eigenvalue weighted by Crippen LogP contribution is 2.25. The molecule has 2 atom stereocenters. The van der Waals surface area contributed by atoms with Crippen molar-refractivity contribution in [1.29, 1.82) is 0 Å². The number of nitrogens with zero attached hydrogens (tertiary/aromatic N) is 3. The van der Waals surface area contributed by atoms with Crippen LogP contribution in [0.15, 0.2) is 29.6 Å². The van der Waals surface area contributed by atoms with Crippen LogP contribution in [-0.4, -0.2) is 59.1 Å². The Labute approximate surface area is 156 Å². The summed E-state index contributed by atoms with van der Waals surface area (Å²) in [6, 6.07) is 6.34. The van der Waals surface area contributed by atoms with Crippen molar-refractivity contribution in [2.45, 2.75) is 32.0 Å². The molecule has 2 aliphatic rings. The maximum absolute atomic E-state index is 13.0. The van der Waals surface area contributed by atoms with E-state index in [0.29, 0.717) is 26.1 Å². The molecular weight excluding hydrogens is 353 g/mol. The SMILES string of the molecule is Cc1nc(CN2CCO[C@@H]3CN(C(=O)Cc4ccc(F)cc4)C[C@@H]32)cs1. The maximum atomic E-state index is 13.0. The number of ether oxygens (including phenoxy) is 1. The molecule has 0 spiro atoms. The lowest BCUT2D eigenvalue weighted by atomic mass is 10.1. The lowest BCUT2D eigenvalue weighted by molar-refractivity contribution is -0.129. The van der Waals surface area contributed by atoms with E-state index in [1.54, 1.807) is 23.5 Å². The smallest absolute Gasteiger partial charge is 0.227 e. The van der Waals surface area contributed by atoms with Crippen molar-refractivity contribution in [1.82, 2.24) is 14.8 Å². The first-order valence-corrected chi connectivity index (χ1v) is 9.75. The molecule has 26 heavy (non-hydrogen) atoms. The van der Waals surface area contributed by atoms with Crippen LogP contribution in [-0.2, 0) is 22.5 Å². The molecule has 1 aromatic heterocycles. The molecule has 1 amide bonds. The number of morpholine rings is 1. The highest BCUT2D eigenvalue weighted by atomic mass is 32.1. The fourth-order valence-corrected chi connectivity index (χ4v) is 4.34. The highest BCUT2D eigenvalue weighted by molar-refractivity contribution is 7.09. The molecule has 0 aliphatic carbocycles. The summed E-state index contributed by atoms with van der Waals surface area (Å²) in [6.45, 7) is 5.66. The number of fused-ring (bicyclic) bond motifs is 1. The lowest BCUT2D eigenvalue weighted by Gasteiger charge is -2.36. The normalized spacial score (nSPS) is 23.2. The molecule has 7 heteroatoms. The molecule has 3 heterocycles. The van der Waals surface area contributed by atoms with Crippen LogP contribution in [0.25, 0.3) is 0 Å². The van der Waals surface area contributed by atoms with Gasteiger partial charge in [0.2, 0.25) is 5.91 Å². The van der Waals surface area contributed by atoms with Crippen LogP contribution in [0.1, 0.15) is 16.3 Å². The van der Waals surface area contributed by atoms with Crippen LogP contribution < -0.4 is 0 Å². The summed E-state index contributed by atoms with van der Waals surface area (Å²) in [7, 11) is 0. The third-order valence-electron chi connectivity index (χ3n) is 5.07. The third kappa shape index (κ3) is 3.79. The number of aromatic nitrogens is 1. The largest absolute Gasteiger partial charge is 0.373 e. The molecule has 0 unspecified atom stereocenters. The molecule has 4 rings (SSSR count). The van der Waals surface area contributed by atoms with E-state index >= 15 is 0 Å².